The summed E-state index contributed by atoms with van der Waals surface area (Å²) in [5, 5.41) is 80.0. The summed E-state index contributed by atoms with van der Waals surface area (Å²) < 4.78 is 22.3. The number of phenolic OH excluding ortho intramolecular Hbond substituents is 2. The molecule has 2 saturated heterocycles. The summed E-state index contributed by atoms with van der Waals surface area (Å²) in [7, 11) is 0. The molecule has 0 spiro atoms. The summed E-state index contributed by atoms with van der Waals surface area (Å²) in [6.45, 7) is -0.992. The minimum absolute atomic E-state index is 0.126. The number of benzene rings is 2. The largest absolute Gasteiger partial charge is 0.508 e. The van der Waals surface area contributed by atoms with Gasteiger partial charge in [0.1, 0.15) is 53.9 Å². The van der Waals surface area contributed by atoms with E-state index in [1.807, 2.05) is 0 Å². The van der Waals surface area contributed by atoms with Gasteiger partial charge in [-0.15, -0.1) is 0 Å². The number of aliphatic hydroxyl groups is 6. The van der Waals surface area contributed by atoms with Crippen LogP contribution in [0.3, 0.4) is 0 Å². The van der Waals surface area contributed by atoms with Crippen LogP contribution < -0.4 is 4.74 Å². The van der Waals surface area contributed by atoms with Gasteiger partial charge in [-0.1, -0.05) is 24.3 Å². The van der Waals surface area contributed by atoms with Gasteiger partial charge in [-0.2, -0.15) is 0 Å². The van der Waals surface area contributed by atoms with Crippen molar-refractivity contribution < 1.29 is 59.8 Å². The van der Waals surface area contributed by atoms with Crippen molar-refractivity contribution in [2.75, 3.05) is 13.2 Å². The Morgan fingerprint density at radius 2 is 1.49 bits per heavy atom. The molecule has 12 heteroatoms. The smallest absolute Gasteiger partial charge is 0.229 e. The second kappa shape index (κ2) is 11.7. The molecule has 0 aliphatic carbocycles. The SMILES string of the molecule is OC[C@H]1O[C@@H](O[C@H]2[C@H](Oc3cc(O)cc(/C=C/c4ccc(O)cc4)c3)OC[C@@H](O)[C@@H]2O)[C@H](O)[C@@H](O)[C@H]1O. The minimum atomic E-state index is -1.75. The molecule has 4 rings (SSSR count). The molecular formula is C25H30O12. The summed E-state index contributed by atoms with van der Waals surface area (Å²) in [5.74, 6) is 0.123. The molecule has 8 N–H and O–H groups in total. The molecule has 0 aromatic heterocycles. The zero-order valence-electron chi connectivity index (χ0n) is 19.5. The van der Waals surface area contributed by atoms with Crippen LogP contribution in [0.25, 0.3) is 12.2 Å². The summed E-state index contributed by atoms with van der Waals surface area (Å²) in [4.78, 5) is 0. The van der Waals surface area contributed by atoms with Gasteiger partial charge in [0.05, 0.1) is 13.2 Å². The normalized spacial score (nSPS) is 34.5. The third-order valence-corrected chi connectivity index (χ3v) is 6.10. The second-order valence-corrected chi connectivity index (χ2v) is 8.86. The molecule has 0 bridgehead atoms. The first-order valence-corrected chi connectivity index (χ1v) is 11.6. The molecule has 2 aromatic carbocycles. The van der Waals surface area contributed by atoms with Crippen LogP contribution >= 0.6 is 0 Å². The van der Waals surface area contributed by atoms with Crippen molar-refractivity contribution in [1.29, 1.82) is 0 Å². The van der Waals surface area contributed by atoms with Crippen LogP contribution in [0.5, 0.6) is 17.2 Å². The molecule has 0 amide bonds. The van der Waals surface area contributed by atoms with Crippen molar-refractivity contribution in [2.45, 2.75) is 55.3 Å². The standard InChI is InChI=1S/C25H30O12/c26-10-18-20(31)21(32)22(33)24(36-18)37-23-19(30)17(29)11-34-25(23)35-16-8-13(7-15(28)9-16)2-1-12-3-5-14(27)6-4-12/h1-9,17-33H,10-11H2/b2-1+/t17-,18-,19+,20+,21+,22-,23-,24+,25+/m1/s1. The highest BCUT2D eigenvalue weighted by atomic mass is 16.8. The Labute approximate surface area is 211 Å². The van der Waals surface area contributed by atoms with Gasteiger partial charge in [0, 0.05) is 6.07 Å². The summed E-state index contributed by atoms with van der Waals surface area (Å²) in [5.41, 5.74) is 1.34. The van der Waals surface area contributed by atoms with Crippen molar-refractivity contribution in [1.82, 2.24) is 0 Å². The first-order chi connectivity index (χ1) is 17.7. The van der Waals surface area contributed by atoms with Gasteiger partial charge < -0.3 is 59.8 Å². The van der Waals surface area contributed by atoms with Crippen molar-refractivity contribution in [3.8, 4) is 17.2 Å². The summed E-state index contributed by atoms with van der Waals surface area (Å²) in [6, 6.07) is 10.8. The molecule has 2 aliphatic rings. The molecule has 2 aromatic rings. The van der Waals surface area contributed by atoms with Gasteiger partial charge in [-0.05, 0) is 35.4 Å². The van der Waals surface area contributed by atoms with Gasteiger partial charge in [-0.25, -0.2) is 0 Å². The Kier molecular flexibility index (Phi) is 8.64. The number of rotatable bonds is 7. The quantitative estimate of drug-likeness (QED) is 0.205. The molecule has 2 aliphatic heterocycles. The lowest BCUT2D eigenvalue weighted by Crippen LogP contribution is -2.63. The number of phenols is 2. The molecule has 2 fully saturated rings. The van der Waals surface area contributed by atoms with E-state index in [0.29, 0.717) is 5.56 Å². The number of aliphatic hydroxyl groups excluding tert-OH is 6. The number of hydrogen-bond acceptors (Lipinski definition) is 12. The summed E-state index contributed by atoms with van der Waals surface area (Å²) >= 11 is 0. The fourth-order valence-corrected chi connectivity index (χ4v) is 4.03. The first kappa shape index (κ1) is 27.3. The zero-order chi connectivity index (χ0) is 26.7. The Morgan fingerprint density at radius 1 is 0.784 bits per heavy atom. The molecule has 202 valence electrons. The second-order valence-electron chi connectivity index (χ2n) is 8.86. The zero-order valence-corrected chi connectivity index (χ0v) is 19.5. The lowest BCUT2D eigenvalue weighted by molar-refractivity contribution is -0.348. The van der Waals surface area contributed by atoms with Crippen molar-refractivity contribution in [2.24, 2.45) is 0 Å². The minimum Gasteiger partial charge on any atom is -0.508 e. The highest BCUT2D eigenvalue weighted by Crippen LogP contribution is 2.30. The fraction of sp³-hybridized carbons (Fsp3) is 0.440. The monoisotopic (exact) mass is 522 g/mol. The van der Waals surface area contributed by atoms with Crippen LogP contribution in [0.1, 0.15) is 11.1 Å². The van der Waals surface area contributed by atoms with Gasteiger partial charge in [-0.3, -0.25) is 0 Å². The maximum absolute atomic E-state index is 10.6. The number of ether oxygens (including phenoxy) is 4. The van der Waals surface area contributed by atoms with Crippen LogP contribution in [0.4, 0.5) is 0 Å². The highest BCUT2D eigenvalue weighted by molar-refractivity contribution is 5.71. The Hall–Kier alpha value is -2.78. The van der Waals surface area contributed by atoms with Gasteiger partial charge in [0.15, 0.2) is 12.4 Å². The van der Waals surface area contributed by atoms with Crippen molar-refractivity contribution in [3.05, 3.63) is 53.6 Å². The highest BCUT2D eigenvalue weighted by Gasteiger charge is 2.49. The maximum atomic E-state index is 10.6. The van der Waals surface area contributed by atoms with Crippen LogP contribution in [-0.2, 0) is 14.2 Å². The van der Waals surface area contributed by atoms with Crippen LogP contribution in [0.15, 0.2) is 42.5 Å². The van der Waals surface area contributed by atoms with E-state index in [4.69, 9.17) is 18.9 Å². The predicted molar refractivity (Wildman–Crippen MR) is 126 cm³/mol. The van der Waals surface area contributed by atoms with E-state index in [1.165, 1.54) is 24.3 Å². The number of hydrogen-bond donors (Lipinski definition) is 8. The van der Waals surface area contributed by atoms with Crippen molar-refractivity contribution >= 4 is 12.2 Å². The fourth-order valence-electron chi connectivity index (χ4n) is 4.03. The average molecular weight is 523 g/mol. The van der Waals surface area contributed by atoms with E-state index < -0.39 is 61.9 Å². The van der Waals surface area contributed by atoms with E-state index in [1.54, 1.807) is 30.4 Å². The van der Waals surface area contributed by atoms with Crippen molar-refractivity contribution in [3.63, 3.8) is 0 Å². The molecule has 9 atom stereocenters. The molecule has 37 heavy (non-hydrogen) atoms. The Morgan fingerprint density at radius 3 is 2.19 bits per heavy atom. The van der Waals surface area contributed by atoms with Gasteiger partial charge in [0.25, 0.3) is 0 Å². The predicted octanol–water partition coefficient (Wildman–Crippen LogP) is -1.09. The lowest BCUT2D eigenvalue weighted by Gasteiger charge is -2.44. The molecule has 2 heterocycles. The third-order valence-electron chi connectivity index (χ3n) is 6.10. The van der Waals surface area contributed by atoms with Gasteiger partial charge >= 0.3 is 0 Å². The first-order valence-electron chi connectivity index (χ1n) is 11.6. The van der Waals surface area contributed by atoms with E-state index in [9.17, 15) is 40.9 Å². The molecule has 0 radical (unpaired) electrons. The van der Waals surface area contributed by atoms with E-state index in [-0.39, 0.29) is 23.9 Å². The van der Waals surface area contributed by atoms with E-state index >= 15 is 0 Å². The third kappa shape index (κ3) is 6.38. The Bertz CT molecular complexity index is 1060. The number of aromatic hydroxyl groups is 2. The topological polar surface area (TPSA) is 199 Å². The summed E-state index contributed by atoms with van der Waals surface area (Å²) in [6.07, 6.45) is -10.2. The van der Waals surface area contributed by atoms with Gasteiger partial charge in [0.2, 0.25) is 6.29 Å². The maximum Gasteiger partial charge on any atom is 0.229 e. The average Bonchev–Trinajstić information content (AvgIpc) is 2.87. The molecule has 12 nitrogen and oxygen atoms in total. The molecule has 0 unspecified atom stereocenters. The van der Waals surface area contributed by atoms with Crippen LogP contribution in [0, 0.1) is 0 Å². The van der Waals surface area contributed by atoms with Crippen LogP contribution in [0.2, 0.25) is 0 Å². The van der Waals surface area contributed by atoms with Crippen LogP contribution in [-0.4, -0.2) is 109 Å². The lowest BCUT2D eigenvalue weighted by atomic mass is 9.99. The van der Waals surface area contributed by atoms with E-state index in [0.717, 1.165) is 5.56 Å². The Balaban J connectivity index is 1.52. The molecule has 0 saturated carbocycles. The van der Waals surface area contributed by atoms with E-state index in [2.05, 4.69) is 0 Å². The molecular weight excluding hydrogens is 492 g/mol.